The number of hydrogen-bond donors (Lipinski definition) is 1. The van der Waals surface area contributed by atoms with Crippen molar-refractivity contribution in [2.45, 2.75) is 19.9 Å². The number of hydrogen-bond acceptors (Lipinski definition) is 6. The molecule has 1 aromatic heterocycles. The number of nitrogens with zero attached hydrogens (tertiary/aromatic N) is 4. The van der Waals surface area contributed by atoms with Crippen LogP contribution in [0.2, 0.25) is 5.02 Å². The van der Waals surface area contributed by atoms with Crippen LogP contribution in [0.25, 0.3) is 16.9 Å². The van der Waals surface area contributed by atoms with Gasteiger partial charge in [0.2, 0.25) is 5.91 Å². The summed E-state index contributed by atoms with van der Waals surface area (Å²) in [6.45, 7) is 2.19. The van der Waals surface area contributed by atoms with Crippen LogP contribution in [0.3, 0.4) is 0 Å². The Balaban J connectivity index is 1.30. The van der Waals surface area contributed by atoms with Gasteiger partial charge in [-0.3, -0.25) is 9.69 Å². The number of ether oxygens (including phenoxy) is 2. The minimum atomic E-state index is -4.77. The lowest BCUT2D eigenvalue weighted by atomic mass is 10.1. The van der Waals surface area contributed by atoms with Gasteiger partial charge in [0.1, 0.15) is 5.75 Å². The summed E-state index contributed by atoms with van der Waals surface area (Å²) in [6.07, 6.45) is -1.57. The smallest absolute Gasteiger partial charge is 0.406 e. The minimum absolute atomic E-state index is 0.139. The van der Waals surface area contributed by atoms with Gasteiger partial charge in [-0.05, 0) is 61.0 Å². The molecule has 1 aliphatic heterocycles. The summed E-state index contributed by atoms with van der Waals surface area (Å²) in [5, 5.41) is 3.12. The minimum Gasteiger partial charge on any atom is -0.406 e. The highest BCUT2D eigenvalue weighted by Crippen LogP contribution is 2.32. The SMILES string of the molecule is COCc1ccc(C)cc1N1C(=O)CS/C1=N\C(=O)Nc1ccc(-n2cnc(-c3ccc(OC(F)(F)F)cc3)c2)cc1Cl. The first-order valence-corrected chi connectivity index (χ1v) is 14.0. The highest BCUT2D eigenvalue weighted by Gasteiger charge is 2.32. The van der Waals surface area contributed by atoms with E-state index < -0.39 is 12.4 Å². The number of carbonyl (C=O) groups is 2. The van der Waals surface area contributed by atoms with E-state index in [1.165, 1.54) is 35.5 Å². The molecule has 1 saturated heterocycles. The molecule has 14 heteroatoms. The number of amidine groups is 1. The molecule has 43 heavy (non-hydrogen) atoms. The molecule has 0 bridgehead atoms. The van der Waals surface area contributed by atoms with Crippen molar-refractivity contribution in [2.75, 3.05) is 23.1 Å². The molecule has 4 aromatic rings. The maximum absolute atomic E-state index is 12.9. The van der Waals surface area contributed by atoms with Gasteiger partial charge in [0.15, 0.2) is 5.17 Å². The van der Waals surface area contributed by atoms with Gasteiger partial charge in [0.05, 0.1) is 40.8 Å². The molecule has 0 spiro atoms. The van der Waals surface area contributed by atoms with Crippen LogP contribution in [0.4, 0.5) is 29.3 Å². The zero-order valence-corrected chi connectivity index (χ0v) is 24.3. The number of nitrogens with one attached hydrogen (secondary N) is 1. The fourth-order valence-corrected chi connectivity index (χ4v) is 5.36. The molecule has 3 aromatic carbocycles. The predicted octanol–water partition coefficient (Wildman–Crippen LogP) is 7.21. The van der Waals surface area contributed by atoms with Crippen LogP contribution >= 0.6 is 23.4 Å². The fourth-order valence-electron chi connectivity index (χ4n) is 4.28. The van der Waals surface area contributed by atoms with Crippen LogP contribution in [0.1, 0.15) is 11.1 Å². The summed E-state index contributed by atoms with van der Waals surface area (Å²) in [4.78, 5) is 35.5. The highest BCUT2D eigenvalue weighted by atomic mass is 35.5. The van der Waals surface area contributed by atoms with E-state index in [0.717, 1.165) is 22.9 Å². The molecule has 5 rings (SSSR count). The number of alkyl halides is 3. The summed E-state index contributed by atoms with van der Waals surface area (Å²) in [5.41, 5.74) is 4.35. The van der Waals surface area contributed by atoms with Crippen molar-refractivity contribution < 1.29 is 32.2 Å². The van der Waals surface area contributed by atoms with Crippen molar-refractivity contribution in [1.82, 2.24) is 9.55 Å². The maximum Gasteiger partial charge on any atom is 0.573 e. The Hall–Kier alpha value is -4.33. The molecular weight excluding hydrogens is 607 g/mol. The number of carbonyl (C=O) groups excluding carboxylic acids is 2. The number of aliphatic imine (C=N–C) groups is 1. The standard InChI is InChI=1S/C29H23ClF3N5O4S/c1-17-3-4-19(14-41-2)25(11-17)38-26(39)15-43-28(38)36-27(40)35-23-10-7-20(12-22(23)30)37-13-24(34-16-37)18-5-8-21(9-6-18)42-29(31,32)33/h3-13,16H,14-15H2,1-2H3,(H,35,40)/b36-28-. The van der Waals surface area contributed by atoms with Crippen molar-refractivity contribution in [3.05, 3.63) is 89.3 Å². The zero-order valence-electron chi connectivity index (χ0n) is 22.7. The third kappa shape index (κ3) is 7.19. The molecule has 0 aliphatic carbocycles. The Morgan fingerprint density at radius 3 is 2.60 bits per heavy atom. The van der Waals surface area contributed by atoms with E-state index in [9.17, 15) is 22.8 Å². The van der Waals surface area contributed by atoms with E-state index in [0.29, 0.717) is 28.3 Å². The number of amides is 3. The molecule has 0 saturated carbocycles. The van der Waals surface area contributed by atoms with Gasteiger partial charge in [-0.1, -0.05) is 35.5 Å². The number of benzene rings is 3. The number of rotatable bonds is 7. The third-order valence-corrected chi connectivity index (χ3v) is 7.44. The number of thioether (sulfide) groups is 1. The lowest BCUT2D eigenvalue weighted by Crippen LogP contribution is -2.31. The van der Waals surface area contributed by atoms with Gasteiger partial charge in [-0.25, -0.2) is 9.78 Å². The summed E-state index contributed by atoms with van der Waals surface area (Å²) >= 11 is 7.63. The second-order valence-electron chi connectivity index (χ2n) is 9.31. The number of methoxy groups -OCH3 is 1. The molecule has 9 nitrogen and oxygen atoms in total. The summed E-state index contributed by atoms with van der Waals surface area (Å²) in [5.74, 6) is -0.394. The van der Waals surface area contributed by atoms with Crippen molar-refractivity contribution in [3.63, 3.8) is 0 Å². The van der Waals surface area contributed by atoms with E-state index in [4.69, 9.17) is 16.3 Å². The van der Waals surface area contributed by atoms with E-state index in [-0.39, 0.29) is 34.2 Å². The normalized spacial score (nSPS) is 14.4. The van der Waals surface area contributed by atoms with Crippen LogP contribution in [0.15, 0.2) is 78.2 Å². The van der Waals surface area contributed by atoms with Gasteiger partial charge in [0, 0.05) is 30.1 Å². The van der Waals surface area contributed by atoms with E-state index in [1.54, 1.807) is 36.1 Å². The van der Waals surface area contributed by atoms with Gasteiger partial charge in [-0.15, -0.1) is 13.2 Å². The Kier molecular flexibility index (Phi) is 8.76. The first-order chi connectivity index (χ1) is 20.5. The quantitative estimate of drug-likeness (QED) is 0.232. The molecule has 0 atom stereocenters. The number of aromatic nitrogens is 2. The molecule has 1 fully saturated rings. The first-order valence-electron chi connectivity index (χ1n) is 12.6. The van der Waals surface area contributed by atoms with Gasteiger partial charge >= 0.3 is 12.4 Å². The van der Waals surface area contributed by atoms with Crippen molar-refractivity contribution in [1.29, 1.82) is 0 Å². The second kappa shape index (κ2) is 12.5. The fraction of sp³-hybridized carbons (Fsp3) is 0.172. The number of aryl methyl sites for hydroxylation is 1. The Morgan fingerprint density at radius 1 is 1.14 bits per heavy atom. The van der Waals surface area contributed by atoms with Gasteiger partial charge in [-0.2, -0.15) is 4.99 Å². The van der Waals surface area contributed by atoms with Crippen LogP contribution < -0.4 is 15.0 Å². The Bertz CT molecular complexity index is 1710. The summed E-state index contributed by atoms with van der Waals surface area (Å²) in [6, 6.07) is 15.2. The average molecular weight is 630 g/mol. The number of urea groups is 1. The second-order valence-corrected chi connectivity index (χ2v) is 10.7. The predicted molar refractivity (Wildman–Crippen MR) is 159 cm³/mol. The largest absolute Gasteiger partial charge is 0.573 e. The average Bonchev–Trinajstić information content (AvgIpc) is 3.58. The summed E-state index contributed by atoms with van der Waals surface area (Å²) < 4.78 is 48.1. The lowest BCUT2D eigenvalue weighted by Gasteiger charge is -2.20. The number of halogens is 4. The number of imidazole rings is 1. The topological polar surface area (TPSA) is 98.1 Å². The van der Waals surface area contributed by atoms with Crippen molar-refractivity contribution in [2.24, 2.45) is 4.99 Å². The van der Waals surface area contributed by atoms with Crippen LogP contribution in [-0.4, -0.2) is 45.9 Å². The third-order valence-electron chi connectivity index (χ3n) is 6.20. The van der Waals surface area contributed by atoms with Crippen molar-refractivity contribution in [3.8, 4) is 22.7 Å². The van der Waals surface area contributed by atoms with E-state index in [1.807, 2.05) is 25.1 Å². The molecule has 0 radical (unpaired) electrons. The monoisotopic (exact) mass is 629 g/mol. The number of anilines is 2. The van der Waals surface area contributed by atoms with Crippen LogP contribution in [0, 0.1) is 6.92 Å². The lowest BCUT2D eigenvalue weighted by molar-refractivity contribution is -0.274. The molecule has 0 unspecified atom stereocenters. The van der Waals surface area contributed by atoms with Crippen molar-refractivity contribution >= 4 is 51.8 Å². The van der Waals surface area contributed by atoms with Crippen LogP contribution in [-0.2, 0) is 16.1 Å². The van der Waals surface area contributed by atoms with Crippen LogP contribution in [0.5, 0.6) is 5.75 Å². The Morgan fingerprint density at radius 2 is 1.91 bits per heavy atom. The molecular formula is C29H23ClF3N5O4S. The van der Waals surface area contributed by atoms with Gasteiger partial charge < -0.3 is 19.4 Å². The summed E-state index contributed by atoms with van der Waals surface area (Å²) in [7, 11) is 1.56. The maximum atomic E-state index is 12.9. The molecule has 1 aliphatic rings. The molecule has 222 valence electrons. The molecule has 3 amide bonds. The first kappa shape index (κ1) is 30.1. The zero-order chi connectivity index (χ0) is 30.7. The highest BCUT2D eigenvalue weighted by molar-refractivity contribution is 8.15. The van der Waals surface area contributed by atoms with E-state index in [2.05, 4.69) is 20.0 Å². The molecule has 1 N–H and O–H groups in total. The van der Waals surface area contributed by atoms with Gasteiger partial charge in [0.25, 0.3) is 0 Å². The van der Waals surface area contributed by atoms with E-state index >= 15 is 0 Å². The Labute approximate surface area is 253 Å². The molecule has 2 heterocycles.